The second kappa shape index (κ2) is 9.19. The lowest BCUT2D eigenvalue weighted by atomic mass is 9.96. The van der Waals surface area contributed by atoms with E-state index >= 15 is 0 Å². The van der Waals surface area contributed by atoms with Crippen LogP contribution >= 0.6 is 0 Å². The van der Waals surface area contributed by atoms with Crippen LogP contribution in [0.4, 0.5) is 4.79 Å². The number of hydrogen-bond donors (Lipinski definition) is 2. The van der Waals surface area contributed by atoms with Crippen molar-refractivity contribution in [1.82, 2.24) is 10.6 Å². The summed E-state index contributed by atoms with van der Waals surface area (Å²) in [6.45, 7) is 12.3. The van der Waals surface area contributed by atoms with E-state index in [-0.39, 0.29) is 6.09 Å². The summed E-state index contributed by atoms with van der Waals surface area (Å²) in [5.41, 5.74) is -0.447. The van der Waals surface area contributed by atoms with Gasteiger partial charge in [0.2, 0.25) is 0 Å². The van der Waals surface area contributed by atoms with Gasteiger partial charge in [-0.15, -0.1) is 6.58 Å². The predicted octanol–water partition coefficient (Wildman–Crippen LogP) is 4.01. The minimum absolute atomic E-state index is 0.323. The number of carbonyl (C=O) groups excluding carboxylic acids is 1. The third-order valence-electron chi connectivity index (χ3n) is 4.14. The van der Waals surface area contributed by atoms with Gasteiger partial charge >= 0.3 is 6.09 Å². The molecule has 0 spiro atoms. The fourth-order valence-corrected chi connectivity index (χ4v) is 3.05. The van der Waals surface area contributed by atoms with Gasteiger partial charge in [-0.3, -0.25) is 0 Å². The Bertz CT molecular complexity index is 343. The lowest BCUT2D eigenvalue weighted by Crippen LogP contribution is -2.49. The highest BCUT2D eigenvalue weighted by atomic mass is 16.6. The lowest BCUT2D eigenvalue weighted by molar-refractivity contribution is 0.0517. The maximum atomic E-state index is 11.9. The second-order valence-corrected chi connectivity index (χ2v) is 7.47. The van der Waals surface area contributed by atoms with Gasteiger partial charge in [-0.2, -0.15) is 0 Å². The van der Waals surface area contributed by atoms with Crippen LogP contribution in [0.5, 0.6) is 0 Å². The zero-order valence-corrected chi connectivity index (χ0v) is 14.8. The summed E-state index contributed by atoms with van der Waals surface area (Å²) in [4.78, 5) is 11.9. The van der Waals surface area contributed by atoms with Crippen LogP contribution in [-0.4, -0.2) is 30.3 Å². The molecular weight excluding hydrogens is 276 g/mol. The van der Waals surface area contributed by atoms with Gasteiger partial charge in [-0.25, -0.2) is 4.79 Å². The average Bonchev–Trinajstić information content (AvgIpc) is 2.93. The van der Waals surface area contributed by atoms with Crippen molar-refractivity contribution in [3.8, 4) is 0 Å². The highest BCUT2D eigenvalue weighted by molar-refractivity contribution is 5.67. The van der Waals surface area contributed by atoms with Gasteiger partial charge in [0.15, 0.2) is 0 Å². The van der Waals surface area contributed by atoms with Gasteiger partial charge in [0.25, 0.3) is 0 Å². The molecule has 4 heteroatoms. The van der Waals surface area contributed by atoms with Crippen molar-refractivity contribution >= 4 is 6.09 Å². The molecule has 1 rings (SSSR count). The summed E-state index contributed by atoms with van der Waals surface area (Å²) in [6, 6.07) is 0.763. The summed E-state index contributed by atoms with van der Waals surface area (Å²) in [5, 5.41) is 6.63. The van der Waals surface area contributed by atoms with Crippen LogP contribution in [0.3, 0.4) is 0 Å². The summed E-state index contributed by atoms with van der Waals surface area (Å²) in [7, 11) is 0. The maximum absolute atomic E-state index is 11.9. The quantitative estimate of drug-likeness (QED) is 0.666. The van der Waals surface area contributed by atoms with Crippen molar-refractivity contribution in [3.05, 3.63) is 12.7 Å². The topological polar surface area (TPSA) is 50.4 Å². The molecule has 1 fully saturated rings. The molecule has 2 N–H and O–H groups in total. The Balaban J connectivity index is 2.47. The molecule has 2 atom stereocenters. The number of alkyl carbamates (subject to hydrolysis) is 1. The first-order valence-electron chi connectivity index (χ1n) is 8.65. The van der Waals surface area contributed by atoms with Crippen LogP contribution in [0.1, 0.15) is 66.2 Å². The number of carbonyl (C=O) groups is 1. The van der Waals surface area contributed by atoms with Crippen molar-refractivity contribution in [1.29, 1.82) is 0 Å². The molecular formula is C18H34N2O2. The lowest BCUT2D eigenvalue weighted by Gasteiger charge is -2.29. The Morgan fingerprint density at radius 2 is 2.00 bits per heavy atom. The zero-order valence-electron chi connectivity index (χ0n) is 14.8. The van der Waals surface area contributed by atoms with E-state index in [0.29, 0.717) is 24.5 Å². The molecule has 2 unspecified atom stereocenters. The summed E-state index contributed by atoms with van der Waals surface area (Å²) < 4.78 is 5.33. The van der Waals surface area contributed by atoms with Crippen LogP contribution < -0.4 is 10.6 Å². The van der Waals surface area contributed by atoms with Gasteiger partial charge in [-0.1, -0.05) is 18.9 Å². The molecule has 4 nitrogen and oxygen atoms in total. The van der Waals surface area contributed by atoms with Gasteiger partial charge in [0.1, 0.15) is 5.60 Å². The second-order valence-electron chi connectivity index (χ2n) is 7.47. The molecule has 1 aliphatic carbocycles. The number of hydrogen-bond acceptors (Lipinski definition) is 3. The summed E-state index contributed by atoms with van der Waals surface area (Å²) >= 11 is 0. The van der Waals surface area contributed by atoms with E-state index in [2.05, 4.69) is 24.1 Å². The number of rotatable bonds is 8. The number of allylic oxidation sites excluding steroid dienone is 1. The van der Waals surface area contributed by atoms with Crippen LogP contribution in [0.15, 0.2) is 12.7 Å². The Labute approximate surface area is 136 Å². The molecule has 0 aromatic carbocycles. The van der Waals surface area contributed by atoms with Crippen LogP contribution in [0, 0.1) is 5.92 Å². The predicted molar refractivity (Wildman–Crippen MR) is 92.0 cm³/mol. The van der Waals surface area contributed by atoms with E-state index in [1.807, 2.05) is 26.8 Å². The molecule has 128 valence electrons. The van der Waals surface area contributed by atoms with E-state index < -0.39 is 5.60 Å². The average molecular weight is 310 g/mol. The molecule has 0 aliphatic heterocycles. The highest BCUT2D eigenvalue weighted by Gasteiger charge is 2.27. The zero-order chi connectivity index (χ0) is 16.6. The van der Waals surface area contributed by atoms with E-state index in [9.17, 15) is 4.79 Å². The molecule has 0 bridgehead atoms. The molecule has 1 aliphatic rings. The first-order chi connectivity index (χ1) is 10.3. The molecule has 0 radical (unpaired) electrons. The van der Waals surface area contributed by atoms with Crippen LogP contribution in [0.2, 0.25) is 0 Å². The van der Waals surface area contributed by atoms with Crippen LogP contribution in [-0.2, 0) is 4.74 Å². The number of ether oxygens (including phenoxy) is 1. The van der Waals surface area contributed by atoms with Gasteiger partial charge in [0, 0.05) is 18.6 Å². The third kappa shape index (κ3) is 7.83. The Hall–Kier alpha value is -1.03. The SMILES string of the molecule is C=CCCC(C)NC(CNC(=O)OC(C)(C)C)C1CCCC1. The maximum Gasteiger partial charge on any atom is 0.407 e. The van der Waals surface area contributed by atoms with Gasteiger partial charge in [0.05, 0.1) is 0 Å². The normalized spacial score (nSPS) is 18.7. The van der Waals surface area contributed by atoms with Crippen molar-refractivity contribution in [3.63, 3.8) is 0 Å². The van der Waals surface area contributed by atoms with Crippen molar-refractivity contribution in [2.75, 3.05) is 6.54 Å². The fourth-order valence-electron chi connectivity index (χ4n) is 3.05. The van der Waals surface area contributed by atoms with E-state index in [1.165, 1.54) is 25.7 Å². The Morgan fingerprint density at radius 3 is 2.55 bits per heavy atom. The Kier molecular flexibility index (Phi) is 7.94. The summed E-state index contributed by atoms with van der Waals surface area (Å²) in [6.07, 6.45) is 8.85. The van der Waals surface area contributed by atoms with Crippen molar-refractivity contribution in [2.24, 2.45) is 5.92 Å². The molecule has 22 heavy (non-hydrogen) atoms. The monoisotopic (exact) mass is 310 g/mol. The molecule has 0 saturated heterocycles. The molecule has 1 amide bonds. The summed E-state index contributed by atoms with van der Waals surface area (Å²) in [5.74, 6) is 0.654. The molecule has 0 heterocycles. The smallest absolute Gasteiger partial charge is 0.407 e. The number of nitrogens with one attached hydrogen (secondary N) is 2. The van der Waals surface area contributed by atoms with Gasteiger partial charge in [-0.05, 0) is 59.3 Å². The van der Waals surface area contributed by atoms with Crippen LogP contribution in [0.25, 0.3) is 0 Å². The van der Waals surface area contributed by atoms with Crippen molar-refractivity contribution < 1.29 is 9.53 Å². The largest absolute Gasteiger partial charge is 0.444 e. The fraction of sp³-hybridized carbons (Fsp3) is 0.833. The molecule has 1 saturated carbocycles. The first-order valence-corrected chi connectivity index (χ1v) is 8.65. The third-order valence-corrected chi connectivity index (χ3v) is 4.14. The minimum atomic E-state index is -0.447. The van der Waals surface area contributed by atoms with E-state index in [4.69, 9.17) is 4.74 Å². The first kappa shape index (κ1) is 19.0. The highest BCUT2D eigenvalue weighted by Crippen LogP contribution is 2.28. The van der Waals surface area contributed by atoms with E-state index in [1.54, 1.807) is 0 Å². The molecule has 0 aromatic heterocycles. The number of amides is 1. The minimum Gasteiger partial charge on any atom is -0.444 e. The molecule has 0 aromatic rings. The van der Waals surface area contributed by atoms with E-state index in [0.717, 1.165) is 12.8 Å². The van der Waals surface area contributed by atoms with Crippen molar-refractivity contribution in [2.45, 2.75) is 83.9 Å². The van der Waals surface area contributed by atoms with Gasteiger partial charge < -0.3 is 15.4 Å². The Morgan fingerprint density at radius 1 is 1.36 bits per heavy atom. The standard InChI is InChI=1S/C18H34N2O2/c1-6-7-10-14(2)20-16(15-11-8-9-12-15)13-19-17(21)22-18(3,4)5/h6,14-16,20H,1,7-13H2,2-5H3,(H,19,21).